The topological polar surface area (TPSA) is 73.1 Å². The van der Waals surface area contributed by atoms with Crippen LogP contribution in [0.2, 0.25) is 0 Å². The average Bonchev–Trinajstić information content (AvgIpc) is 3.15. The largest absolute Gasteiger partial charge is 0.383 e. The molecule has 0 bridgehead atoms. The summed E-state index contributed by atoms with van der Waals surface area (Å²) in [6, 6.07) is 4.22. The number of hydrogen-bond donors (Lipinski definition) is 0. The van der Waals surface area contributed by atoms with E-state index in [2.05, 4.69) is 22.1 Å². The number of methoxy groups -OCH3 is 1. The number of nitrogens with zero attached hydrogens (tertiary/aromatic N) is 5. The second-order valence-corrected chi connectivity index (χ2v) is 7.89. The summed E-state index contributed by atoms with van der Waals surface area (Å²) in [5.41, 5.74) is 0.953. The van der Waals surface area contributed by atoms with Gasteiger partial charge in [-0.1, -0.05) is 31.0 Å². The Kier molecular flexibility index (Phi) is 7.85. The summed E-state index contributed by atoms with van der Waals surface area (Å²) in [5.74, 6) is 1.34. The molecule has 8 heteroatoms. The van der Waals surface area contributed by atoms with Crippen LogP contribution in [-0.2, 0) is 16.1 Å². The highest BCUT2D eigenvalue weighted by Crippen LogP contribution is 2.26. The molecule has 1 fully saturated rings. The molecule has 152 valence electrons. The summed E-state index contributed by atoms with van der Waals surface area (Å²) in [7, 11) is 1.68. The second-order valence-electron chi connectivity index (χ2n) is 6.95. The van der Waals surface area contributed by atoms with E-state index in [-0.39, 0.29) is 5.91 Å². The summed E-state index contributed by atoms with van der Waals surface area (Å²) in [6.45, 7) is 4.03. The van der Waals surface area contributed by atoms with Crippen molar-refractivity contribution in [3.05, 3.63) is 24.5 Å². The summed E-state index contributed by atoms with van der Waals surface area (Å²) in [6.07, 6.45) is 9.47. The molecular formula is C20H29N5O2S. The highest BCUT2D eigenvalue weighted by molar-refractivity contribution is 7.99. The molecular weight excluding hydrogens is 374 g/mol. The first-order valence-electron chi connectivity index (χ1n) is 9.99. The number of carbonyl (C=O) groups is 1. The molecule has 0 aromatic carbocycles. The van der Waals surface area contributed by atoms with Crippen LogP contribution in [0.4, 0.5) is 0 Å². The Morgan fingerprint density at radius 2 is 2.00 bits per heavy atom. The molecule has 1 saturated carbocycles. The Balaban J connectivity index is 1.70. The van der Waals surface area contributed by atoms with E-state index < -0.39 is 0 Å². The molecule has 2 heterocycles. The number of amides is 1. The standard InChI is InChI=1S/C20H29N5O2S/c1-3-24(17-7-5-4-6-8-17)18(26)15-28-20-23-22-19(25(20)13-14-27-2)16-9-11-21-12-10-16/h9-12,17H,3-8,13-15H2,1-2H3. The van der Waals surface area contributed by atoms with E-state index >= 15 is 0 Å². The highest BCUT2D eigenvalue weighted by atomic mass is 32.2. The average molecular weight is 404 g/mol. The second kappa shape index (κ2) is 10.6. The molecule has 2 aromatic heterocycles. The Labute approximate surface area is 170 Å². The Bertz CT molecular complexity index is 746. The van der Waals surface area contributed by atoms with Gasteiger partial charge in [0.1, 0.15) is 0 Å². The molecule has 1 aliphatic carbocycles. The smallest absolute Gasteiger partial charge is 0.233 e. The van der Waals surface area contributed by atoms with Gasteiger partial charge in [-0.25, -0.2) is 0 Å². The number of aromatic nitrogens is 4. The predicted octanol–water partition coefficient (Wildman–Crippen LogP) is 3.26. The summed E-state index contributed by atoms with van der Waals surface area (Å²) in [5, 5.41) is 9.45. The monoisotopic (exact) mass is 403 g/mol. The fraction of sp³-hybridized carbons (Fsp3) is 0.600. The first-order valence-corrected chi connectivity index (χ1v) is 11.0. The van der Waals surface area contributed by atoms with Gasteiger partial charge in [-0.15, -0.1) is 10.2 Å². The van der Waals surface area contributed by atoms with Crippen LogP contribution in [0.25, 0.3) is 11.4 Å². The van der Waals surface area contributed by atoms with Crippen molar-refractivity contribution in [2.75, 3.05) is 26.0 Å². The summed E-state index contributed by atoms with van der Waals surface area (Å²) < 4.78 is 7.27. The molecule has 0 spiro atoms. The molecule has 1 aliphatic rings. The van der Waals surface area contributed by atoms with Gasteiger partial charge in [0, 0.05) is 37.7 Å². The van der Waals surface area contributed by atoms with Crippen LogP contribution < -0.4 is 0 Å². The molecule has 28 heavy (non-hydrogen) atoms. The minimum atomic E-state index is 0.186. The number of pyridine rings is 1. The van der Waals surface area contributed by atoms with Gasteiger partial charge in [-0.2, -0.15) is 0 Å². The fourth-order valence-electron chi connectivity index (χ4n) is 3.73. The number of rotatable bonds is 9. The first kappa shape index (κ1) is 20.8. The zero-order valence-electron chi connectivity index (χ0n) is 16.7. The van der Waals surface area contributed by atoms with E-state index in [0.29, 0.717) is 24.9 Å². The van der Waals surface area contributed by atoms with Gasteiger partial charge < -0.3 is 9.64 Å². The van der Waals surface area contributed by atoms with Gasteiger partial charge in [-0.05, 0) is 31.9 Å². The maximum absolute atomic E-state index is 12.9. The van der Waals surface area contributed by atoms with Gasteiger partial charge in [0.25, 0.3) is 0 Å². The molecule has 1 amide bonds. The number of thioether (sulfide) groups is 1. The van der Waals surface area contributed by atoms with E-state index in [1.165, 1.54) is 31.0 Å². The summed E-state index contributed by atoms with van der Waals surface area (Å²) >= 11 is 1.46. The maximum atomic E-state index is 12.9. The predicted molar refractivity (Wildman–Crippen MR) is 110 cm³/mol. The molecule has 0 N–H and O–H groups in total. The molecule has 3 rings (SSSR count). The number of hydrogen-bond acceptors (Lipinski definition) is 6. The molecule has 0 atom stereocenters. The highest BCUT2D eigenvalue weighted by Gasteiger charge is 2.25. The van der Waals surface area contributed by atoms with E-state index in [1.807, 2.05) is 21.6 Å². The lowest BCUT2D eigenvalue weighted by Crippen LogP contribution is -2.42. The van der Waals surface area contributed by atoms with E-state index in [4.69, 9.17) is 4.74 Å². The normalized spacial score (nSPS) is 14.9. The first-order chi connectivity index (χ1) is 13.7. The third-order valence-corrected chi connectivity index (χ3v) is 6.13. The number of carbonyl (C=O) groups excluding carboxylic acids is 1. The Morgan fingerprint density at radius 3 is 2.68 bits per heavy atom. The Hall–Kier alpha value is -1.93. The van der Waals surface area contributed by atoms with Crippen molar-refractivity contribution in [1.29, 1.82) is 0 Å². The van der Waals surface area contributed by atoms with Gasteiger partial charge >= 0.3 is 0 Å². The molecule has 0 unspecified atom stereocenters. The third-order valence-electron chi connectivity index (χ3n) is 5.18. The van der Waals surface area contributed by atoms with Gasteiger partial charge in [0.2, 0.25) is 5.91 Å². The van der Waals surface area contributed by atoms with Crippen molar-refractivity contribution >= 4 is 17.7 Å². The van der Waals surface area contributed by atoms with Crippen molar-refractivity contribution in [1.82, 2.24) is 24.6 Å². The third kappa shape index (κ3) is 5.11. The van der Waals surface area contributed by atoms with Crippen LogP contribution in [0, 0.1) is 0 Å². The van der Waals surface area contributed by atoms with E-state index in [1.54, 1.807) is 19.5 Å². The van der Waals surface area contributed by atoms with Crippen molar-refractivity contribution in [2.45, 2.75) is 56.8 Å². The molecule has 7 nitrogen and oxygen atoms in total. The van der Waals surface area contributed by atoms with Crippen molar-refractivity contribution in [3.8, 4) is 11.4 Å². The van der Waals surface area contributed by atoms with Crippen LogP contribution in [0.15, 0.2) is 29.7 Å². The van der Waals surface area contributed by atoms with Crippen LogP contribution in [-0.4, -0.2) is 62.6 Å². The quantitative estimate of drug-likeness (QED) is 0.599. The van der Waals surface area contributed by atoms with Gasteiger partial charge in [0.15, 0.2) is 11.0 Å². The van der Waals surface area contributed by atoms with Crippen molar-refractivity contribution in [3.63, 3.8) is 0 Å². The van der Waals surface area contributed by atoms with Crippen molar-refractivity contribution < 1.29 is 9.53 Å². The molecule has 0 radical (unpaired) electrons. The van der Waals surface area contributed by atoms with Crippen molar-refractivity contribution in [2.24, 2.45) is 0 Å². The van der Waals surface area contributed by atoms with Gasteiger partial charge in [0.05, 0.1) is 18.9 Å². The molecule has 2 aromatic rings. The lowest BCUT2D eigenvalue weighted by Gasteiger charge is -2.33. The lowest BCUT2D eigenvalue weighted by molar-refractivity contribution is -0.131. The lowest BCUT2D eigenvalue weighted by atomic mass is 9.94. The fourth-order valence-corrected chi connectivity index (χ4v) is 4.58. The SMILES string of the molecule is CCN(C(=O)CSc1nnc(-c2ccncc2)n1CCOC)C1CCCCC1. The van der Waals surface area contributed by atoms with Crippen LogP contribution in [0.5, 0.6) is 0 Å². The van der Waals surface area contributed by atoms with Gasteiger partial charge in [-0.3, -0.25) is 14.3 Å². The van der Waals surface area contributed by atoms with Crippen LogP contribution in [0.3, 0.4) is 0 Å². The molecule has 0 saturated heterocycles. The minimum absolute atomic E-state index is 0.186. The maximum Gasteiger partial charge on any atom is 0.233 e. The minimum Gasteiger partial charge on any atom is -0.383 e. The Morgan fingerprint density at radius 1 is 1.25 bits per heavy atom. The zero-order chi connectivity index (χ0) is 19.8. The summed E-state index contributed by atoms with van der Waals surface area (Å²) in [4.78, 5) is 19.0. The van der Waals surface area contributed by atoms with E-state index in [0.717, 1.165) is 35.9 Å². The zero-order valence-corrected chi connectivity index (χ0v) is 17.5. The van der Waals surface area contributed by atoms with Crippen LogP contribution >= 0.6 is 11.8 Å². The number of ether oxygens (including phenoxy) is 1. The van der Waals surface area contributed by atoms with E-state index in [9.17, 15) is 4.79 Å². The molecule has 0 aliphatic heterocycles. The van der Waals surface area contributed by atoms with Crippen LogP contribution in [0.1, 0.15) is 39.0 Å².